The first-order valence-electron chi connectivity index (χ1n) is 7.05. The fraction of sp³-hybridized carbons (Fsp3) is 0.533. The molecular formula is C15H18N4O2. The van der Waals surface area contributed by atoms with Gasteiger partial charge >= 0.3 is 5.97 Å². The number of carbonyl (C=O) groups is 1. The van der Waals surface area contributed by atoms with E-state index in [0.29, 0.717) is 5.57 Å². The van der Waals surface area contributed by atoms with Crippen molar-refractivity contribution in [1.82, 2.24) is 9.97 Å². The molecule has 1 saturated carbocycles. The standard InChI is InChI=1S/C15H18N4O2/c1-14(2)11-5-6-15(14,3)21-12(20)10(11)9-18-19-13-16-7-4-8-17-13/h4,7-9,11H,5-6H2,1-3H3/b10-9+,19-18?/t11-,15-/m1/s1. The fourth-order valence-corrected chi connectivity index (χ4v) is 3.23. The molecule has 1 aromatic heterocycles. The Bertz CT molecular complexity index is 624. The summed E-state index contributed by atoms with van der Waals surface area (Å²) in [4.78, 5) is 20.1. The van der Waals surface area contributed by atoms with Crippen LogP contribution in [0.3, 0.4) is 0 Å². The van der Waals surface area contributed by atoms with Gasteiger partial charge in [-0.15, -0.1) is 5.11 Å². The molecule has 6 nitrogen and oxygen atoms in total. The van der Waals surface area contributed by atoms with Crippen LogP contribution in [0.4, 0.5) is 5.95 Å². The van der Waals surface area contributed by atoms with Crippen molar-refractivity contribution in [2.45, 2.75) is 39.2 Å². The number of rotatable bonds is 2. The van der Waals surface area contributed by atoms with Crippen molar-refractivity contribution >= 4 is 11.9 Å². The average molecular weight is 286 g/mol. The third-order valence-electron chi connectivity index (χ3n) is 4.97. The molecule has 6 heteroatoms. The highest BCUT2D eigenvalue weighted by Gasteiger charge is 2.60. The van der Waals surface area contributed by atoms with Gasteiger partial charge in [0, 0.05) is 23.7 Å². The van der Waals surface area contributed by atoms with E-state index in [1.54, 1.807) is 18.5 Å². The zero-order valence-corrected chi connectivity index (χ0v) is 12.4. The largest absolute Gasteiger partial charge is 0.455 e. The second-order valence-electron chi connectivity index (χ2n) is 6.28. The summed E-state index contributed by atoms with van der Waals surface area (Å²) in [6, 6.07) is 1.71. The van der Waals surface area contributed by atoms with Crippen molar-refractivity contribution < 1.29 is 9.53 Å². The van der Waals surface area contributed by atoms with E-state index >= 15 is 0 Å². The molecule has 2 atom stereocenters. The highest BCUT2D eigenvalue weighted by molar-refractivity contribution is 5.91. The quantitative estimate of drug-likeness (QED) is 0.475. The van der Waals surface area contributed by atoms with Gasteiger partial charge in [0.2, 0.25) is 0 Å². The molecule has 0 amide bonds. The molecule has 1 aromatic rings. The number of nitrogens with zero attached hydrogens (tertiary/aromatic N) is 4. The molecule has 2 fully saturated rings. The maximum absolute atomic E-state index is 12.2. The van der Waals surface area contributed by atoms with Crippen LogP contribution in [0.5, 0.6) is 0 Å². The van der Waals surface area contributed by atoms with E-state index in [0.717, 1.165) is 12.8 Å². The first-order valence-corrected chi connectivity index (χ1v) is 7.05. The Morgan fingerprint density at radius 2 is 2.05 bits per heavy atom. The van der Waals surface area contributed by atoms with E-state index in [-0.39, 0.29) is 28.9 Å². The van der Waals surface area contributed by atoms with Gasteiger partial charge in [-0.2, -0.15) is 5.11 Å². The summed E-state index contributed by atoms with van der Waals surface area (Å²) in [7, 11) is 0. The van der Waals surface area contributed by atoms with Crippen LogP contribution >= 0.6 is 0 Å². The lowest BCUT2D eigenvalue weighted by atomic mass is 9.69. The molecular weight excluding hydrogens is 268 g/mol. The minimum Gasteiger partial charge on any atom is -0.455 e. The molecule has 1 aliphatic heterocycles. The third kappa shape index (κ3) is 2.14. The van der Waals surface area contributed by atoms with Crippen molar-refractivity contribution in [2.24, 2.45) is 21.6 Å². The summed E-state index contributed by atoms with van der Waals surface area (Å²) in [5, 5.41) is 7.86. The molecule has 0 spiro atoms. The van der Waals surface area contributed by atoms with E-state index in [4.69, 9.17) is 4.74 Å². The smallest absolute Gasteiger partial charge is 0.336 e. The lowest BCUT2D eigenvalue weighted by molar-refractivity contribution is -0.172. The average Bonchev–Trinajstić information content (AvgIpc) is 2.58. The van der Waals surface area contributed by atoms with Crippen LogP contribution in [0.15, 0.2) is 40.5 Å². The number of azo groups is 1. The van der Waals surface area contributed by atoms with Gasteiger partial charge in [-0.3, -0.25) is 0 Å². The highest BCUT2D eigenvalue weighted by Crippen LogP contribution is 2.58. The summed E-state index contributed by atoms with van der Waals surface area (Å²) in [5.41, 5.74) is 0.117. The Kier molecular flexibility index (Phi) is 3.11. The number of ether oxygens (including phenoxy) is 1. The molecule has 2 heterocycles. The van der Waals surface area contributed by atoms with Crippen LogP contribution in [0.2, 0.25) is 0 Å². The first kappa shape index (κ1) is 13.9. The molecule has 2 bridgehead atoms. The maximum Gasteiger partial charge on any atom is 0.336 e. The molecule has 3 rings (SSSR count). The molecule has 1 saturated heterocycles. The van der Waals surface area contributed by atoms with Crippen LogP contribution in [0, 0.1) is 11.3 Å². The van der Waals surface area contributed by atoms with E-state index < -0.39 is 0 Å². The normalized spacial score (nSPS) is 32.6. The molecule has 0 aromatic carbocycles. The Hall–Kier alpha value is -2.11. The molecule has 110 valence electrons. The monoisotopic (exact) mass is 286 g/mol. The summed E-state index contributed by atoms with van der Waals surface area (Å²) in [6.45, 7) is 6.30. The van der Waals surface area contributed by atoms with Crippen molar-refractivity contribution in [3.05, 3.63) is 30.2 Å². The van der Waals surface area contributed by atoms with Crippen LogP contribution < -0.4 is 0 Å². The number of esters is 1. The van der Waals surface area contributed by atoms with Crippen molar-refractivity contribution in [3.8, 4) is 0 Å². The molecule has 21 heavy (non-hydrogen) atoms. The molecule has 0 N–H and O–H groups in total. The third-order valence-corrected chi connectivity index (χ3v) is 4.97. The van der Waals surface area contributed by atoms with Crippen molar-refractivity contribution in [1.29, 1.82) is 0 Å². The SMILES string of the molecule is CC1(C)[C@@H]2CC[C@@]1(C)OC(=O)/C2=C/N=Nc1ncccn1. The van der Waals surface area contributed by atoms with E-state index in [1.807, 2.05) is 6.92 Å². The first-order chi connectivity index (χ1) is 9.94. The van der Waals surface area contributed by atoms with Gasteiger partial charge in [0.25, 0.3) is 5.95 Å². The predicted molar refractivity (Wildman–Crippen MR) is 75.6 cm³/mol. The predicted octanol–water partition coefficient (Wildman–Crippen LogP) is 3.20. The van der Waals surface area contributed by atoms with Crippen molar-refractivity contribution in [2.75, 3.05) is 0 Å². The number of hydrogen-bond acceptors (Lipinski definition) is 6. The van der Waals surface area contributed by atoms with Gasteiger partial charge in [0.1, 0.15) is 5.60 Å². The van der Waals surface area contributed by atoms with Gasteiger partial charge in [-0.25, -0.2) is 14.8 Å². The topological polar surface area (TPSA) is 76.8 Å². The number of hydrogen-bond donors (Lipinski definition) is 0. The zero-order valence-electron chi connectivity index (χ0n) is 12.4. The van der Waals surface area contributed by atoms with Gasteiger partial charge < -0.3 is 4.74 Å². The highest BCUT2D eigenvalue weighted by atomic mass is 16.6. The van der Waals surface area contributed by atoms with E-state index in [9.17, 15) is 4.79 Å². The molecule has 2 aliphatic rings. The van der Waals surface area contributed by atoms with Crippen LogP contribution in [-0.2, 0) is 9.53 Å². The molecule has 1 aliphatic carbocycles. The Morgan fingerprint density at radius 3 is 2.76 bits per heavy atom. The lowest BCUT2D eigenvalue weighted by Gasteiger charge is -2.45. The van der Waals surface area contributed by atoms with Crippen LogP contribution in [0.1, 0.15) is 33.6 Å². The van der Waals surface area contributed by atoms with Gasteiger partial charge in [0.05, 0.1) is 11.8 Å². The van der Waals surface area contributed by atoms with Crippen LogP contribution in [0.25, 0.3) is 0 Å². The number of fused-ring (bicyclic) bond motifs is 2. The zero-order chi connectivity index (χ0) is 15.1. The summed E-state index contributed by atoms with van der Waals surface area (Å²) in [6.07, 6.45) is 6.49. The van der Waals surface area contributed by atoms with E-state index in [1.165, 1.54) is 6.20 Å². The summed E-state index contributed by atoms with van der Waals surface area (Å²) >= 11 is 0. The lowest BCUT2D eigenvalue weighted by Crippen LogP contribution is -2.49. The fourth-order valence-electron chi connectivity index (χ4n) is 3.23. The number of aromatic nitrogens is 2. The van der Waals surface area contributed by atoms with Crippen LogP contribution in [-0.4, -0.2) is 21.5 Å². The summed E-state index contributed by atoms with van der Waals surface area (Å²) < 4.78 is 5.66. The Labute approximate surface area is 123 Å². The Balaban J connectivity index is 1.87. The van der Waals surface area contributed by atoms with Gasteiger partial charge in [-0.05, 0) is 25.8 Å². The molecule has 0 radical (unpaired) electrons. The van der Waals surface area contributed by atoms with Crippen molar-refractivity contribution in [3.63, 3.8) is 0 Å². The van der Waals surface area contributed by atoms with Gasteiger partial charge in [0.15, 0.2) is 0 Å². The van der Waals surface area contributed by atoms with E-state index in [2.05, 4.69) is 34.0 Å². The van der Waals surface area contributed by atoms with Gasteiger partial charge in [-0.1, -0.05) is 13.8 Å². The number of carbonyl (C=O) groups excluding carboxylic acids is 1. The Morgan fingerprint density at radius 1 is 1.33 bits per heavy atom. The maximum atomic E-state index is 12.2. The second-order valence-corrected chi connectivity index (χ2v) is 6.28. The summed E-state index contributed by atoms with van der Waals surface area (Å²) in [5.74, 6) is 0.140. The second kappa shape index (κ2) is 4.72. The minimum absolute atomic E-state index is 0.0918. The molecule has 0 unspecified atom stereocenters. The minimum atomic E-state index is -0.383.